The van der Waals surface area contributed by atoms with Crippen LogP contribution in [0.1, 0.15) is 29.9 Å². The average molecular weight is 312 g/mol. The molecule has 4 heteroatoms. The normalized spacial score (nSPS) is 19.9. The Bertz CT molecular complexity index is 456. The van der Waals surface area contributed by atoms with Crippen molar-refractivity contribution in [1.29, 1.82) is 0 Å². The molecule has 0 amide bonds. The van der Waals surface area contributed by atoms with Crippen molar-refractivity contribution < 1.29 is 9.47 Å². The van der Waals surface area contributed by atoms with Crippen LogP contribution in [0.5, 0.6) is 11.5 Å². The summed E-state index contributed by atoms with van der Waals surface area (Å²) in [5, 5.41) is 3.41. The second-order valence-electron chi connectivity index (χ2n) is 4.95. The number of benzene rings is 1. The zero-order chi connectivity index (χ0) is 12.5. The lowest BCUT2D eigenvalue weighted by molar-refractivity contribution is 0.170. The third-order valence-electron chi connectivity index (χ3n) is 3.82. The first-order valence-corrected chi connectivity index (χ1v) is 7.36. The van der Waals surface area contributed by atoms with Crippen molar-refractivity contribution in [1.82, 2.24) is 5.32 Å². The highest BCUT2D eigenvalue weighted by molar-refractivity contribution is 9.10. The molecule has 1 saturated heterocycles. The second-order valence-corrected chi connectivity index (χ2v) is 5.80. The second kappa shape index (κ2) is 5.10. The van der Waals surface area contributed by atoms with Gasteiger partial charge in [0.2, 0.25) is 0 Å². The summed E-state index contributed by atoms with van der Waals surface area (Å²) < 4.78 is 12.6. The Morgan fingerprint density at radius 1 is 1.22 bits per heavy atom. The van der Waals surface area contributed by atoms with E-state index in [-0.39, 0.29) is 0 Å². The van der Waals surface area contributed by atoms with E-state index in [2.05, 4.69) is 34.2 Å². The Balaban J connectivity index is 2.02. The van der Waals surface area contributed by atoms with Gasteiger partial charge in [0.1, 0.15) is 13.2 Å². The van der Waals surface area contributed by atoms with E-state index in [1.54, 1.807) is 0 Å². The predicted octanol–water partition coefficient (Wildman–Crippen LogP) is 3.00. The first kappa shape index (κ1) is 12.3. The van der Waals surface area contributed by atoms with E-state index in [0.717, 1.165) is 29.1 Å². The number of ether oxygens (including phenoxy) is 2. The van der Waals surface area contributed by atoms with Gasteiger partial charge in [0.05, 0.1) is 0 Å². The number of hydrogen-bond donors (Lipinski definition) is 1. The van der Waals surface area contributed by atoms with Crippen LogP contribution in [0.15, 0.2) is 10.5 Å². The smallest absolute Gasteiger partial charge is 0.164 e. The zero-order valence-corrected chi connectivity index (χ0v) is 12.2. The van der Waals surface area contributed by atoms with E-state index in [9.17, 15) is 0 Å². The molecule has 18 heavy (non-hydrogen) atoms. The van der Waals surface area contributed by atoms with E-state index in [1.165, 1.54) is 24.0 Å². The molecule has 1 aromatic rings. The van der Waals surface area contributed by atoms with Crippen molar-refractivity contribution in [3.8, 4) is 11.5 Å². The van der Waals surface area contributed by atoms with E-state index in [1.807, 2.05) is 0 Å². The van der Waals surface area contributed by atoms with Crippen LogP contribution < -0.4 is 14.8 Å². The molecule has 1 N–H and O–H groups in total. The van der Waals surface area contributed by atoms with E-state index in [4.69, 9.17) is 9.47 Å². The molecule has 3 rings (SSSR count). The zero-order valence-electron chi connectivity index (χ0n) is 10.6. The Morgan fingerprint density at radius 2 is 1.94 bits per heavy atom. The predicted molar refractivity (Wildman–Crippen MR) is 74.7 cm³/mol. The minimum atomic E-state index is 0.622. The quantitative estimate of drug-likeness (QED) is 0.865. The molecular weight excluding hydrogens is 294 g/mol. The minimum Gasteiger partial charge on any atom is -0.486 e. The highest BCUT2D eigenvalue weighted by Gasteiger charge is 2.25. The Labute approximate surface area is 116 Å². The maximum Gasteiger partial charge on any atom is 0.164 e. The van der Waals surface area contributed by atoms with Gasteiger partial charge in [-0.1, -0.05) is 15.9 Å². The van der Waals surface area contributed by atoms with Gasteiger partial charge in [0.15, 0.2) is 11.5 Å². The van der Waals surface area contributed by atoms with Gasteiger partial charge in [0, 0.05) is 4.47 Å². The fourth-order valence-corrected chi connectivity index (χ4v) is 3.77. The van der Waals surface area contributed by atoms with Gasteiger partial charge in [-0.15, -0.1) is 0 Å². The molecule has 2 aliphatic rings. The van der Waals surface area contributed by atoms with Crippen LogP contribution in [0.25, 0.3) is 0 Å². The Hall–Kier alpha value is -0.740. The molecule has 0 atom stereocenters. The summed E-state index contributed by atoms with van der Waals surface area (Å²) in [4.78, 5) is 0. The molecule has 0 radical (unpaired) electrons. The summed E-state index contributed by atoms with van der Waals surface area (Å²) in [6.07, 6.45) is 2.39. The first-order chi connectivity index (χ1) is 8.77. The largest absolute Gasteiger partial charge is 0.486 e. The summed E-state index contributed by atoms with van der Waals surface area (Å²) in [7, 11) is 0. The van der Waals surface area contributed by atoms with Crippen molar-refractivity contribution in [2.24, 2.45) is 0 Å². The molecule has 98 valence electrons. The van der Waals surface area contributed by atoms with Crippen LogP contribution in [-0.4, -0.2) is 26.3 Å². The van der Waals surface area contributed by atoms with Crippen LogP contribution >= 0.6 is 15.9 Å². The van der Waals surface area contributed by atoms with Crippen LogP contribution in [0.4, 0.5) is 0 Å². The summed E-state index contributed by atoms with van der Waals surface area (Å²) >= 11 is 3.71. The van der Waals surface area contributed by atoms with Crippen molar-refractivity contribution in [2.75, 3.05) is 26.3 Å². The van der Waals surface area contributed by atoms with Crippen molar-refractivity contribution in [2.45, 2.75) is 25.7 Å². The van der Waals surface area contributed by atoms with Gasteiger partial charge >= 0.3 is 0 Å². The van der Waals surface area contributed by atoms with Gasteiger partial charge in [-0.3, -0.25) is 0 Å². The molecule has 0 unspecified atom stereocenters. The lowest BCUT2D eigenvalue weighted by Crippen LogP contribution is -2.27. The third-order valence-corrected chi connectivity index (χ3v) is 4.47. The lowest BCUT2D eigenvalue weighted by Gasteiger charge is -2.28. The van der Waals surface area contributed by atoms with Crippen molar-refractivity contribution in [3.05, 3.63) is 21.7 Å². The molecule has 2 aliphatic heterocycles. The van der Waals surface area contributed by atoms with Crippen LogP contribution in [0.2, 0.25) is 0 Å². The molecule has 0 aliphatic carbocycles. The Morgan fingerprint density at radius 3 is 2.72 bits per heavy atom. The van der Waals surface area contributed by atoms with E-state index in [0.29, 0.717) is 19.1 Å². The number of fused-ring (bicyclic) bond motifs is 1. The minimum absolute atomic E-state index is 0.622. The summed E-state index contributed by atoms with van der Waals surface area (Å²) in [5.41, 5.74) is 2.65. The summed E-state index contributed by atoms with van der Waals surface area (Å²) in [5.74, 6) is 2.44. The molecular formula is C14H18BrNO2. The highest BCUT2D eigenvalue weighted by atomic mass is 79.9. The standard InChI is InChI=1S/C14H18BrNO2/c1-9-13(10-2-4-16-5-3-10)11(15)8-12-14(9)18-7-6-17-12/h8,10,16H,2-7H2,1H3. The SMILES string of the molecule is Cc1c2c(cc(Br)c1C1CCNCC1)OCCO2. The van der Waals surface area contributed by atoms with Crippen LogP contribution in [0, 0.1) is 6.92 Å². The highest BCUT2D eigenvalue weighted by Crippen LogP contribution is 2.44. The topological polar surface area (TPSA) is 30.5 Å². The summed E-state index contributed by atoms with van der Waals surface area (Å²) in [6.45, 7) is 5.65. The lowest BCUT2D eigenvalue weighted by atomic mass is 9.87. The molecule has 0 bridgehead atoms. The molecule has 0 spiro atoms. The van der Waals surface area contributed by atoms with Crippen LogP contribution in [-0.2, 0) is 0 Å². The third kappa shape index (κ3) is 2.12. The molecule has 0 saturated carbocycles. The number of nitrogens with one attached hydrogen (secondary N) is 1. The number of hydrogen-bond acceptors (Lipinski definition) is 3. The molecule has 3 nitrogen and oxygen atoms in total. The first-order valence-electron chi connectivity index (χ1n) is 6.56. The van der Waals surface area contributed by atoms with Crippen LogP contribution in [0.3, 0.4) is 0 Å². The van der Waals surface area contributed by atoms with Gasteiger partial charge in [-0.2, -0.15) is 0 Å². The average Bonchev–Trinajstić information content (AvgIpc) is 2.40. The van der Waals surface area contributed by atoms with Gasteiger partial charge in [-0.25, -0.2) is 0 Å². The van der Waals surface area contributed by atoms with Crippen molar-refractivity contribution in [3.63, 3.8) is 0 Å². The van der Waals surface area contributed by atoms with E-state index >= 15 is 0 Å². The molecule has 0 aromatic heterocycles. The fraction of sp³-hybridized carbons (Fsp3) is 0.571. The van der Waals surface area contributed by atoms with Gasteiger partial charge in [-0.05, 0) is 56.0 Å². The number of piperidine rings is 1. The fourth-order valence-electron chi connectivity index (χ4n) is 2.94. The monoisotopic (exact) mass is 311 g/mol. The molecule has 1 aromatic carbocycles. The maximum absolute atomic E-state index is 5.78. The van der Waals surface area contributed by atoms with Crippen molar-refractivity contribution >= 4 is 15.9 Å². The Kier molecular flexibility index (Phi) is 3.48. The van der Waals surface area contributed by atoms with E-state index < -0.39 is 0 Å². The number of halogens is 1. The van der Waals surface area contributed by atoms with Gasteiger partial charge < -0.3 is 14.8 Å². The molecule has 2 heterocycles. The maximum atomic E-state index is 5.78. The van der Waals surface area contributed by atoms with Gasteiger partial charge in [0.25, 0.3) is 0 Å². The number of rotatable bonds is 1. The molecule has 1 fully saturated rings. The summed E-state index contributed by atoms with van der Waals surface area (Å²) in [6, 6.07) is 2.07.